The molecule has 0 spiro atoms. The van der Waals surface area contributed by atoms with Crippen molar-refractivity contribution in [3.63, 3.8) is 0 Å². The van der Waals surface area contributed by atoms with Crippen LogP contribution in [0, 0.1) is 0 Å². The van der Waals surface area contributed by atoms with Gasteiger partial charge < -0.3 is 9.64 Å². The Bertz CT molecular complexity index is 807. The van der Waals surface area contributed by atoms with Crippen LogP contribution in [0.15, 0.2) is 24.3 Å². The number of hydrogen-bond acceptors (Lipinski definition) is 5. The predicted octanol–water partition coefficient (Wildman–Crippen LogP) is 2.45. The molecular formula is C19H28ClN3O4S. The summed E-state index contributed by atoms with van der Waals surface area (Å²) < 4.78 is 33.3. The van der Waals surface area contributed by atoms with Crippen molar-refractivity contribution in [2.75, 3.05) is 26.2 Å². The minimum atomic E-state index is -3.45. The van der Waals surface area contributed by atoms with Gasteiger partial charge in [0.25, 0.3) is 0 Å². The minimum Gasteiger partial charge on any atom is -0.444 e. The largest absolute Gasteiger partial charge is 0.444 e. The van der Waals surface area contributed by atoms with Gasteiger partial charge in [-0.2, -0.15) is 0 Å². The fraction of sp³-hybridized carbons (Fsp3) is 0.632. The number of carbonyl (C=O) groups excluding carboxylic acids is 1. The molecule has 1 aromatic carbocycles. The Morgan fingerprint density at radius 3 is 2.54 bits per heavy atom. The first-order chi connectivity index (χ1) is 13.0. The summed E-state index contributed by atoms with van der Waals surface area (Å²) in [5, 5.41) is 0.580. The summed E-state index contributed by atoms with van der Waals surface area (Å²) in [6.45, 7) is 8.08. The molecule has 2 fully saturated rings. The molecule has 2 aliphatic heterocycles. The third-order valence-electron chi connectivity index (χ3n) is 4.88. The fourth-order valence-electron chi connectivity index (χ4n) is 3.72. The molecule has 2 atom stereocenters. The quantitative estimate of drug-likeness (QED) is 0.795. The van der Waals surface area contributed by atoms with Gasteiger partial charge in [-0.15, -0.1) is 0 Å². The third kappa shape index (κ3) is 5.83. The Morgan fingerprint density at radius 1 is 1.21 bits per heavy atom. The van der Waals surface area contributed by atoms with E-state index in [1.54, 1.807) is 29.2 Å². The molecule has 2 saturated heterocycles. The van der Waals surface area contributed by atoms with Gasteiger partial charge in [0.2, 0.25) is 10.0 Å². The van der Waals surface area contributed by atoms with Gasteiger partial charge in [-0.1, -0.05) is 23.7 Å². The number of sulfonamides is 1. The van der Waals surface area contributed by atoms with Crippen molar-refractivity contribution in [3.8, 4) is 0 Å². The molecule has 0 unspecified atom stereocenters. The Labute approximate surface area is 172 Å². The summed E-state index contributed by atoms with van der Waals surface area (Å²) in [6, 6.07) is 6.81. The van der Waals surface area contributed by atoms with Crippen molar-refractivity contribution < 1.29 is 17.9 Å². The maximum atomic E-state index is 12.5. The smallest absolute Gasteiger partial charge is 0.410 e. The number of hydrogen-bond donors (Lipinski definition) is 1. The van der Waals surface area contributed by atoms with Gasteiger partial charge in [0.1, 0.15) is 5.60 Å². The van der Waals surface area contributed by atoms with Crippen LogP contribution < -0.4 is 4.72 Å². The Kier molecular flexibility index (Phi) is 6.24. The van der Waals surface area contributed by atoms with E-state index in [1.807, 2.05) is 20.8 Å². The molecule has 0 radical (unpaired) electrons. The molecule has 1 amide bonds. The van der Waals surface area contributed by atoms with E-state index in [9.17, 15) is 13.2 Å². The monoisotopic (exact) mass is 429 g/mol. The molecule has 9 heteroatoms. The first-order valence-corrected chi connectivity index (χ1v) is 11.5. The van der Waals surface area contributed by atoms with Crippen LogP contribution >= 0.6 is 11.6 Å². The number of halogens is 1. The zero-order valence-electron chi connectivity index (χ0n) is 16.5. The highest BCUT2D eigenvalue weighted by molar-refractivity contribution is 7.88. The topological polar surface area (TPSA) is 79.0 Å². The van der Waals surface area contributed by atoms with E-state index >= 15 is 0 Å². The maximum Gasteiger partial charge on any atom is 0.410 e. The number of ether oxygens (including phenoxy) is 1. The highest BCUT2D eigenvalue weighted by Gasteiger charge is 2.39. The highest BCUT2D eigenvalue weighted by Crippen LogP contribution is 2.24. The molecule has 7 nitrogen and oxygen atoms in total. The molecule has 1 aromatic rings. The number of nitrogens with zero attached hydrogens (tertiary/aromatic N) is 2. The van der Waals surface area contributed by atoms with Crippen molar-refractivity contribution in [2.24, 2.45) is 0 Å². The summed E-state index contributed by atoms with van der Waals surface area (Å²) in [7, 11) is -3.45. The van der Waals surface area contributed by atoms with Gasteiger partial charge in [-0.25, -0.2) is 17.9 Å². The maximum absolute atomic E-state index is 12.5. The minimum absolute atomic E-state index is 0.0740. The number of amides is 1. The van der Waals surface area contributed by atoms with Crippen LogP contribution in [-0.2, 0) is 20.5 Å². The third-order valence-corrected chi connectivity index (χ3v) is 6.54. The Hall–Kier alpha value is -1.35. The van der Waals surface area contributed by atoms with Crippen molar-refractivity contribution in [1.29, 1.82) is 0 Å². The standard InChI is InChI=1S/C19H28ClN3O4S/c1-19(2,3)27-18(24)23-9-8-22-11-16(10-17(22)12-23)21-28(25,26)13-14-4-6-15(20)7-5-14/h4-7,16-17,21H,8-13H2,1-3H3/t16-,17-/m0/s1. The van der Waals surface area contributed by atoms with Crippen LogP contribution in [-0.4, -0.2) is 68.2 Å². The summed E-state index contributed by atoms with van der Waals surface area (Å²) in [4.78, 5) is 16.3. The molecule has 0 saturated carbocycles. The first-order valence-electron chi connectivity index (χ1n) is 9.47. The van der Waals surface area contributed by atoms with Crippen LogP contribution in [0.5, 0.6) is 0 Å². The van der Waals surface area contributed by atoms with E-state index in [0.29, 0.717) is 36.6 Å². The summed E-state index contributed by atoms with van der Waals surface area (Å²) >= 11 is 5.85. The Balaban J connectivity index is 1.54. The SMILES string of the molecule is CC(C)(C)OC(=O)N1CCN2C[C@@H](NS(=O)(=O)Cc3ccc(Cl)cc3)C[C@H]2C1. The molecule has 2 heterocycles. The lowest BCUT2D eigenvalue weighted by atomic mass is 10.1. The lowest BCUT2D eigenvalue weighted by Crippen LogP contribution is -2.53. The molecule has 1 N–H and O–H groups in total. The van der Waals surface area contributed by atoms with E-state index in [2.05, 4.69) is 9.62 Å². The van der Waals surface area contributed by atoms with Crippen molar-refractivity contribution >= 4 is 27.7 Å². The van der Waals surface area contributed by atoms with Gasteiger partial charge in [0.15, 0.2) is 0 Å². The molecule has 0 aromatic heterocycles. The van der Waals surface area contributed by atoms with Crippen molar-refractivity contribution in [3.05, 3.63) is 34.9 Å². The zero-order chi connectivity index (χ0) is 20.5. The first kappa shape index (κ1) is 21.4. The second kappa shape index (κ2) is 8.18. The van der Waals surface area contributed by atoms with Crippen molar-refractivity contribution in [1.82, 2.24) is 14.5 Å². The van der Waals surface area contributed by atoms with Gasteiger partial charge in [-0.3, -0.25) is 4.90 Å². The second-order valence-corrected chi connectivity index (χ2v) is 10.7. The van der Waals surface area contributed by atoms with Crippen LogP contribution in [0.4, 0.5) is 4.79 Å². The zero-order valence-corrected chi connectivity index (χ0v) is 18.1. The van der Waals surface area contributed by atoms with Gasteiger partial charge in [-0.05, 0) is 44.9 Å². The molecule has 2 aliphatic rings. The normalized spacial score (nSPS) is 23.5. The van der Waals surface area contributed by atoms with Crippen molar-refractivity contribution in [2.45, 2.75) is 50.6 Å². The number of carbonyl (C=O) groups is 1. The molecule has 0 bridgehead atoms. The van der Waals surface area contributed by atoms with Crippen LogP contribution in [0.2, 0.25) is 5.02 Å². The van der Waals surface area contributed by atoms with Gasteiger partial charge >= 0.3 is 6.09 Å². The molecule has 156 valence electrons. The van der Waals surface area contributed by atoms with Crippen LogP contribution in [0.25, 0.3) is 0 Å². The van der Waals surface area contributed by atoms with E-state index in [-0.39, 0.29) is 23.9 Å². The molecule has 28 heavy (non-hydrogen) atoms. The fourth-order valence-corrected chi connectivity index (χ4v) is 5.24. The molecular weight excluding hydrogens is 402 g/mol. The van der Waals surface area contributed by atoms with Crippen LogP contribution in [0.1, 0.15) is 32.8 Å². The Morgan fingerprint density at radius 2 is 1.89 bits per heavy atom. The van der Waals surface area contributed by atoms with Gasteiger partial charge in [0, 0.05) is 43.3 Å². The number of fused-ring (bicyclic) bond motifs is 1. The predicted molar refractivity (Wildman–Crippen MR) is 109 cm³/mol. The van der Waals surface area contributed by atoms with E-state index < -0.39 is 15.6 Å². The molecule has 3 rings (SSSR count). The lowest BCUT2D eigenvalue weighted by Gasteiger charge is -2.37. The average Bonchev–Trinajstić information content (AvgIpc) is 2.95. The number of benzene rings is 1. The second-order valence-electron chi connectivity index (χ2n) is 8.51. The summed E-state index contributed by atoms with van der Waals surface area (Å²) in [5.41, 5.74) is 0.174. The van der Waals surface area contributed by atoms with E-state index in [0.717, 1.165) is 6.54 Å². The van der Waals surface area contributed by atoms with E-state index in [4.69, 9.17) is 16.3 Å². The lowest BCUT2D eigenvalue weighted by molar-refractivity contribution is 0.00925. The summed E-state index contributed by atoms with van der Waals surface area (Å²) in [5.74, 6) is -0.0740. The van der Waals surface area contributed by atoms with Gasteiger partial charge in [0.05, 0.1) is 5.75 Å². The van der Waals surface area contributed by atoms with E-state index in [1.165, 1.54) is 0 Å². The highest BCUT2D eigenvalue weighted by atomic mass is 35.5. The number of nitrogens with one attached hydrogen (secondary N) is 1. The summed E-state index contributed by atoms with van der Waals surface area (Å²) in [6.07, 6.45) is 0.373. The average molecular weight is 430 g/mol. The number of piperazine rings is 1. The molecule has 0 aliphatic carbocycles. The number of rotatable bonds is 4. The van der Waals surface area contributed by atoms with Crippen LogP contribution in [0.3, 0.4) is 0 Å².